The van der Waals surface area contributed by atoms with Gasteiger partial charge in [-0.25, -0.2) is 0 Å². The molecule has 0 aliphatic heterocycles. The van der Waals surface area contributed by atoms with Crippen LogP contribution in [0.25, 0.3) is 10.9 Å². The molecule has 0 saturated heterocycles. The number of hydrogen-bond acceptors (Lipinski definition) is 5. The summed E-state index contributed by atoms with van der Waals surface area (Å²) >= 11 is 0. The summed E-state index contributed by atoms with van der Waals surface area (Å²) in [6.45, 7) is 1.36. The van der Waals surface area contributed by atoms with Crippen LogP contribution in [-0.4, -0.2) is 46.3 Å². The largest absolute Gasteiger partial charge is 0.435 e. The zero-order valence-corrected chi connectivity index (χ0v) is 17.2. The van der Waals surface area contributed by atoms with Crippen LogP contribution in [-0.2, 0) is 22.6 Å². The lowest BCUT2D eigenvalue weighted by molar-refractivity contribution is -0.121. The molecule has 0 spiro atoms. The first-order valence-electron chi connectivity index (χ1n) is 9.68. The van der Waals surface area contributed by atoms with Gasteiger partial charge in [0.25, 0.3) is 0 Å². The zero-order valence-electron chi connectivity index (χ0n) is 17.2. The van der Waals surface area contributed by atoms with Crippen molar-refractivity contribution in [3.63, 3.8) is 0 Å². The van der Waals surface area contributed by atoms with Gasteiger partial charge < -0.3 is 15.4 Å². The lowest BCUT2D eigenvalue weighted by Crippen LogP contribution is -2.34. The SMILES string of the molecule is CC(=O)NCCNC(=O)Cc1nccc2nn(Cc3ccc(OC(F)F)c(C)c3)cc12. The minimum Gasteiger partial charge on any atom is -0.435 e. The van der Waals surface area contributed by atoms with Gasteiger partial charge >= 0.3 is 6.61 Å². The first kappa shape index (κ1) is 22.1. The molecule has 8 nitrogen and oxygen atoms in total. The number of nitrogens with one attached hydrogen (secondary N) is 2. The quantitative estimate of drug-likeness (QED) is 0.506. The number of alkyl halides is 2. The number of aryl methyl sites for hydroxylation is 1. The van der Waals surface area contributed by atoms with Crippen LogP contribution in [0.2, 0.25) is 0 Å². The molecule has 31 heavy (non-hydrogen) atoms. The van der Waals surface area contributed by atoms with E-state index in [0.29, 0.717) is 36.4 Å². The van der Waals surface area contributed by atoms with Crippen molar-refractivity contribution in [1.82, 2.24) is 25.4 Å². The molecule has 2 heterocycles. The molecule has 0 atom stereocenters. The normalized spacial score (nSPS) is 11.0. The van der Waals surface area contributed by atoms with E-state index in [1.165, 1.54) is 13.0 Å². The van der Waals surface area contributed by atoms with Gasteiger partial charge in [0.1, 0.15) is 5.75 Å². The Morgan fingerprint density at radius 3 is 2.68 bits per heavy atom. The van der Waals surface area contributed by atoms with E-state index in [0.717, 1.165) is 10.9 Å². The third-order valence-corrected chi connectivity index (χ3v) is 4.51. The molecule has 0 aliphatic carbocycles. The van der Waals surface area contributed by atoms with Crippen molar-refractivity contribution < 1.29 is 23.1 Å². The number of fused-ring (bicyclic) bond motifs is 1. The molecule has 2 N–H and O–H groups in total. The fraction of sp³-hybridized carbons (Fsp3) is 0.333. The van der Waals surface area contributed by atoms with Crippen LogP contribution in [0.3, 0.4) is 0 Å². The first-order valence-corrected chi connectivity index (χ1v) is 9.68. The minimum atomic E-state index is -2.87. The lowest BCUT2D eigenvalue weighted by atomic mass is 10.1. The predicted octanol–water partition coefficient (Wildman–Crippen LogP) is 2.18. The van der Waals surface area contributed by atoms with Crippen LogP contribution in [0.15, 0.2) is 36.7 Å². The maximum absolute atomic E-state index is 12.4. The number of halogens is 2. The minimum absolute atomic E-state index is 0.0852. The summed E-state index contributed by atoms with van der Waals surface area (Å²) < 4.78 is 31.0. The van der Waals surface area contributed by atoms with E-state index in [-0.39, 0.29) is 24.0 Å². The number of carbonyl (C=O) groups is 2. The molecule has 0 aliphatic rings. The molecule has 1 aromatic carbocycles. The van der Waals surface area contributed by atoms with E-state index < -0.39 is 6.61 Å². The summed E-state index contributed by atoms with van der Waals surface area (Å²) in [5.74, 6) is -0.219. The number of pyridine rings is 1. The van der Waals surface area contributed by atoms with Crippen molar-refractivity contribution in [1.29, 1.82) is 0 Å². The van der Waals surface area contributed by atoms with Gasteiger partial charge in [0, 0.05) is 37.8 Å². The Morgan fingerprint density at radius 1 is 1.19 bits per heavy atom. The molecule has 164 valence electrons. The number of ether oxygens (including phenoxy) is 1. The first-order chi connectivity index (χ1) is 14.8. The highest BCUT2D eigenvalue weighted by molar-refractivity contribution is 5.86. The number of rotatable bonds is 9. The number of aromatic nitrogens is 3. The average molecular weight is 431 g/mol. The lowest BCUT2D eigenvalue weighted by Gasteiger charge is -2.09. The summed E-state index contributed by atoms with van der Waals surface area (Å²) in [5.41, 5.74) is 2.77. The Morgan fingerprint density at radius 2 is 1.97 bits per heavy atom. The zero-order chi connectivity index (χ0) is 22.4. The summed E-state index contributed by atoms with van der Waals surface area (Å²) in [7, 11) is 0. The van der Waals surface area contributed by atoms with Crippen LogP contribution in [0, 0.1) is 6.92 Å². The molecule has 0 fully saturated rings. The van der Waals surface area contributed by atoms with Gasteiger partial charge in [0.05, 0.1) is 24.2 Å². The molecule has 3 rings (SSSR count). The molecular formula is C21H23F2N5O3. The summed E-state index contributed by atoms with van der Waals surface area (Å²) in [6, 6.07) is 6.75. The van der Waals surface area contributed by atoms with E-state index in [1.54, 1.807) is 42.2 Å². The molecular weight excluding hydrogens is 408 g/mol. The second kappa shape index (κ2) is 9.96. The van der Waals surface area contributed by atoms with E-state index in [2.05, 4.69) is 25.5 Å². The van der Waals surface area contributed by atoms with Gasteiger partial charge in [-0.1, -0.05) is 12.1 Å². The van der Waals surface area contributed by atoms with Crippen LogP contribution in [0.4, 0.5) is 8.78 Å². The van der Waals surface area contributed by atoms with Gasteiger partial charge in [0.15, 0.2) is 0 Å². The van der Waals surface area contributed by atoms with Gasteiger partial charge in [-0.05, 0) is 30.2 Å². The Labute approximate surface area is 177 Å². The van der Waals surface area contributed by atoms with Gasteiger partial charge in [-0.15, -0.1) is 0 Å². The second-order valence-corrected chi connectivity index (χ2v) is 7.01. The van der Waals surface area contributed by atoms with Gasteiger partial charge in [-0.3, -0.25) is 19.3 Å². The molecule has 3 aromatic rings. The van der Waals surface area contributed by atoms with E-state index >= 15 is 0 Å². The number of benzene rings is 1. The van der Waals surface area contributed by atoms with Gasteiger partial charge in [0.2, 0.25) is 11.8 Å². The summed E-state index contributed by atoms with van der Waals surface area (Å²) in [5, 5.41) is 10.6. The summed E-state index contributed by atoms with van der Waals surface area (Å²) in [6.07, 6.45) is 3.49. The molecule has 2 aromatic heterocycles. The molecule has 0 saturated carbocycles. The van der Waals surface area contributed by atoms with Crippen molar-refractivity contribution >= 4 is 22.7 Å². The molecule has 0 radical (unpaired) electrons. The number of hydrogen-bond donors (Lipinski definition) is 2. The maximum atomic E-state index is 12.4. The summed E-state index contributed by atoms with van der Waals surface area (Å²) in [4.78, 5) is 27.4. The maximum Gasteiger partial charge on any atom is 0.387 e. The third kappa shape index (κ3) is 6.21. The van der Waals surface area contributed by atoms with Gasteiger partial charge in [-0.2, -0.15) is 13.9 Å². The Kier molecular flexibility index (Phi) is 7.11. The number of carbonyl (C=O) groups excluding carboxylic acids is 2. The molecule has 0 unspecified atom stereocenters. The fourth-order valence-corrected chi connectivity index (χ4v) is 3.15. The van der Waals surface area contributed by atoms with Crippen LogP contribution in [0.1, 0.15) is 23.7 Å². The van der Waals surface area contributed by atoms with Crippen molar-refractivity contribution in [2.75, 3.05) is 13.1 Å². The highest BCUT2D eigenvalue weighted by Crippen LogP contribution is 2.22. The third-order valence-electron chi connectivity index (χ3n) is 4.51. The fourth-order valence-electron chi connectivity index (χ4n) is 3.15. The number of nitrogens with zero attached hydrogens (tertiary/aromatic N) is 3. The highest BCUT2D eigenvalue weighted by atomic mass is 19.3. The monoisotopic (exact) mass is 431 g/mol. The second-order valence-electron chi connectivity index (χ2n) is 7.01. The Bertz CT molecular complexity index is 1080. The Hall–Kier alpha value is -3.56. The van der Waals surface area contributed by atoms with Crippen molar-refractivity contribution in [3.05, 3.63) is 53.5 Å². The van der Waals surface area contributed by atoms with Crippen molar-refractivity contribution in [3.8, 4) is 5.75 Å². The topological polar surface area (TPSA) is 98.1 Å². The Balaban J connectivity index is 1.68. The molecule has 10 heteroatoms. The van der Waals surface area contributed by atoms with Crippen LogP contribution < -0.4 is 15.4 Å². The van der Waals surface area contributed by atoms with Crippen LogP contribution in [0.5, 0.6) is 5.75 Å². The number of amides is 2. The van der Waals surface area contributed by atoms with E-state index in [1.807, 2.05) is 0 Å². The average Bonchev–Trinajstić information content (AvgIpc) is 3.10. The molecule has 2 amide bonds. The van der Waals surface area contributed by atoms with Crippen molar-refractivity contribution in [2.24, 2.45) is 0 Å². The highest BCUT2D eigenvalue weighted by Gasteiger charge is 2.12. The standard InChI is InChI=1S/C21H23F2N5O3/c1-13-9-15(3-4-19(13)31-21(22)23)11-28-12-16-17(27-28)5-6-25-18(16)10-20(30)26-8-7-24-14(2)29/h3-6,9,12,21H,7-8,10-11H2,1-2H3,(H,24,29)(H,26,30). The van der Waals surface area contributed by atoms with Crippen LogP contribution >= 0.6 is 0 Å². The van der Waals surface area contributed by atoms with E-state index in [4.69, 9.17) is 0 Å². The van der Waals surface area contributed by atoms with E-state index in [9.17, 15) is 18.4 Å². The molecule has 0 bridgehead atoms. The van der Waals surface area contributed by atoms with Crippen molar-refractivity contribution in [2.45, 2.75) is 33.4 Å². The predicted molar refractivity (Wildman–Crippen MR) is 110 cm³/mol. The smallest absolute Gasteiger partial charge is 0.387 e.